The van der Waals surface area contributed by atoms with Gasteiger partial charge in [0.15, 0.2) is 0 Å². The lowest BCUT2D eigenvalue weighted by Gasteiger charge is -2.16. The minimum Gasteiger partial charge on any atom is -0.388 e. The van der Waals surface area contributed by atoms with Crippen molar-refractivity contribution in [3.8, 4) is 0 Å². The van der Waals surface area contributed by atoms with Crippen LogP contribution in [0.25, 0.3) is 0 Å². The lowest BCUT2D eigenvalue weighted by molar-refractivity contribution is 0.336. The Morgan fingerprint density at radius 1 is 1.25 bits per heavy atom. The average Bonchev–Trinajstić information content (AvgIpc) is 2.27. The van der Waals surface area contributed by atoms with E-state index in [-0.39, 0.29) is 5.84 Å². The zero-order chi connectivity index (χ0) is 12.0. The zero-order valence-electron chi connectivity index (χ0n) is 10.2. The highest BCUT2D eigenvalue weighted by atomic mass is 15.1. The van der Waals surface area contributed by atoms with E-state index in [9.17, 15) is 0 Å². The first kappa shape index (κ1) is 12.7. The Bertz CT molecular complexity index is 330. The van der Waals surface area contributed by atoms with Crippen molar-refractivity contribution >= 4 is 5.84 Å². The van der Waals surface area contributed by atoms with Crippen molar-refractivity contribution in [1.29, 1.82) is 5.41 Å². The molecule has 0 fully saturated rings. The molecule has 16 heavy (non-hydrogen) atoms. The molecular weight excluding hydrogens is 198 g/mol. The summed E-state index contributed by atoms with van der Waals surface area (Å²) in [4.78, 5) is 2.18. The highest BCUT2D eigenvalue weighted by Crippen LogP contribution is 2.07. The minimum absolute atomic E-state index is 0.258. The molecule has 0 unspecified atom stereocenters. The topological polar surface area (TPSA) is 53.1 Å². The average molecular weight is 219 g/mol. The van der Waals surface area contributed by atoms with Gasteiger partial charge in [-0.3, -0.25) is 5.41 Å². The van der Waals surface area contributed by atoms with Gasteiger partial charge in [-0.25, -0.2) is 0 Å². The monoisotopic (exact) mass is 219 g/mol. The molecular formula is C13H21N3. The van der Waals surface area contributed by atoms with Gasteiger partial charge in [0.05, 0.1) is 5.84 Å². The van der Waals surface area contributed by atoms with Crippen LogP contribution in [0.2, 0.25) is 0 Å². The number of nitrogens with two attached hydrogens (primary N) is 1. The fourth-order valence-electron chi connectivity index (χ4n) is 1.58. The first-order chi connectivity index (χ1) is 7.61. The van der Waals surface area contributed by atoms with E-state index in [0.29, 0.717) is 6.42 Å². The highest BCUT2D eigenvalue weighted by molar-refractivity contribution is 5.76. The van der Waals surface area contributed by atoms with Crippen LogP contribution in [0.3, 0.4) is 0 Å². The molecule has 0 aliphatic rings. The van der Waals surface area contributed by atoms with E-state index in [1.165, 1.54) is 11.1 Å². The van der Waals surface area contributed by atoms with Gasteiger partial charge >= 0.3 is 0 Å². The number of amidine groups is 1. The van der Waals surface area contributed by atoms with Gasteiger partial charge in [-0.05, 0) is 24.6 Å². The van der Waals surface area contributed by atoms with E-state index in [4.69, 9.17) is 11.1 Å². The summed E-state index contributed by atoms with van der Waals surface area (Å²) in [6, 6.07) is 8.69. The van der Waals surface area contributed by atoms with E-state index < -0.39 is 0 Å². The Balaban J connectivity index is 2.43. The molecule has 0 aliphatic carbocycles. The van der Waals surface area contributed by atoms with Crippen LogP contribution >= 0.6 is 0 Å². The predicted molar refractivity (Wildman–Crippen MR) is 68.7 cm³/mol. The number of hydrogen-bond acceptors (Lipinski definition) is 2. The Labute approximate surface area is 97.8 Å². The SMILES string of the molecule is CCc1ccc(CN(C)CCC(=N)N)cc1. The number of nitrogens with zero attached hydrogens (tertiary/aromatic N) is 1. The maximum absolute atomic E-state index is 7.17. The molecule has 0 bridgehead atoms. The molecule has 3 heteroatoms. The van der Waals surface area contributed by atoms with Crippen LogP contribution in [0.4, 0.5) is 0 Å². The summed E-state index contributed by atoms with van der Waals surface area (Å²) in [5.41, 5.74) is 8.01. The summed E-state index contributed by atoms with van der Waals surface area (Å²) in [5, 5.41) is 7.17. The van der Waals surface area contributed by atoms with E-state index in [1.807, 2.05) is 0 Å². The van der Waals surface area contributed by atoms with Crippen LogP contribution in [0.1, 0.15) is 24.5 Å². The smallest absolute Gasteiger partial charge is 0.0918 e. The molecule has 1 aromatic carbocycles. The molecule has 0 aliphatic heterocycles. The number of aryl methyl sites for hydroxylation is 1. The Kier molecular flexibility index (Phi) is 4.99. The van der Waals surface area contributed by atoms with E-state index in [0.717, 1.165) is 19.5 Å². The molecule has 3 nitrogen and oxygen atoms in total. The Hall–Kier alpha value is -1.35. The number of hydrogen-bond donors (Lipinski definition) is 2. The van der Waals surface area contributed by atoms with Gasteiger partial charge in [0.2, 0.25) is 0 Å². The predicted octanol–water partition coefficient (Wildman–Crippen LogP) is 2.01. The van der Waals surface area contributed by atoms with Crippen LogP contribution in [-0.4, -0.2) is 24.3 Å². The van der Waals surface area contributed by atoms with Gasteiger partial charge in [-0.15, -0.1) is 0 Å². The third-order valence-corrected chi connectivity index (χ3v) is 2.65. The third-order valence-electron chi connectivity index (χ3n) is 2.65. The second kappa shape index (κ2) is 6.28. The quantitative estimate of drug-likeness (QED) is 0.568. The maximum atomic E-state index is 7.17. The summed E-state index contributed by atoms with van der Waals surface area (Å²) in [6.45, 7) is 3.91. The largest absolute Gasteiger partial charge is 0.388 e. The molecule has 0 saturated carbocycles. The van der Waals surface area contributed by atoms with Crippen LogP contribution in [0.5, 0.6) is 0 Å². The van der Waals surface area contributed by atoms with Crippen LogP contribution in [-0.2, 0) is 13.0 Å². The summed E-state index contributed by atoms with van der Waals surface area (Å²) in [5.74, 6) is 0.258. The molecule has 0 amide bonds. The standard InChI is InChI=1S/C13H21N3/c1-3-11-4-6-12(7-5-11)10-16(2)9-8-13(14)15/h4-7H,3,8-10H2,1-2H3,(H3,14,15). The lowest BCUT2D eigenvalue weighted by atomic mass is 10.1. The molecule has 3 N–H and O–H groups in total. The van der Waals surface area contributed by atoms with E-state index in [2.05, 4.69) is 43.1 Å². The van der Waals surface area contributed by atoms with Crippen molar-refractivity contribution in [1.82, 2.24) is 4.90 Å². The molecule has 88 valence electrons. The summed E-state index contributed by atoms with van der Waals surface area (Å²) in [7, 11) is 2.05. The van der Waals surface area contributed by atoms with Gasteiger partial charge in [-0.2, -0.15) is 0 Å². The fraction of sp³-hybridized carbons (Fsp3) is 0.462. The minimum atomic E-state index is 0.258. The van der Waals surface area contributed by atoms with Crippen molar-refractivity contribution in [3.05, 3.63) is 35.4 Å². The maximum Gasteiger partial charge on any atom is 0.0918 e. The zero-order valence-corrected chi connectivity index (χ0v) is 10.2. The normalized spacial score (nSPS) is 10.7. The van der Waals surface area contributed by atoms with E-state index >= 15 is 0 Å². The fourth-order valence-corrected chi connectivity index (χ4v) is 1.58. The number of benzene rings is 1. The summed E-state index contributed by atoms with van der Waals surface area (Å²) >= 11 is 0. The molecule has 1 rings (SSSR count). The molecule has 0 aromatic heterocycles. The highest BCUT2D eigenvalue weighted by Gasteiger charge is 2.01. The summed E-state index contributed by atoms with van der Waals surface area (Å²) < 4.78 is 0. The Morgan fingerprint density at radius 3 is 2.31 bits per heavy atom. The van der Waals surface area contributed by atoms with Gasteiger partial charge < -0.3 is 10.6 Å². The van der Waals surface area contributed by atoms with Crippen molar-refractivity contribution < 1.29 is 0 Å². The van der Waals surface area contributed by atoms with Gasteiger partial charge in [0.1, 0.15) is 0 Å². The van der Waals surface area contributed by atoms with Gasteiger partial charge in [0.25, 0.3) is 0 Å². The molecule has 0 heterocycles. The van der Waals surface area contributed by atoms with Crippen molar-refractivity contribution in [2.24, 2.45) is 5.73 Å². The first-order valence-corrected chi connectivity index (χ1v) is 5.71. The second-order valence-electron chi connectivity index (χ2n) is 4.18. The molecule has 0 saturated heterocycles. The second-order valence-corrected chi connectivity index (χ2v) is 4.18. The molecule has 0 spiro atoms. The molecule has 1 aromatic rings. The molecule has 0 atom stereocenters. The number of rotatable bonds is 6. The lowest BCUT2D eigenvalue weighted by Crippen LogP contribution is -2.23. The Morgan fingerprint density at radius 2 is 1.81 bits per heavy atom. The van der Waals surface area contributed by atoms with Gasteiger partial charge in [0, 0.05) is 19.5 Å². The number of nitrogens with one attached hydrogen (secondary N) is 1. The van der Waals surface area contributed by atoms with Crippen LogP contribution < -0.4 is 5.73 Å². The molecule has 0 radical (unpaired) electrons. The summed E-state index contributed by atoms with van der Waals surface area (Å²) in [6.07, 6.45) is 1.73. The first-order valence-electron chi connectivity index (χ1n) is 5.71. The van der Waals surface area contributed by atoms with Gasteiger partial charge in [-0.1, -0.05) is 31.2 Å². The third kappa shape index (κ3) is 4.45. The van der Waals surface area contributed by atoms with E-state index in [1.54, 1.807) is 0 Å². The van der Waals surface area contributed by atoms with Crippen LogP contribution in [0, 0.1) is 5.41 Å². The van der Waals surface area contributed by atoms with Crippen molar-refractivity contribution in [2.75, 3.05) is 13.6 Å². The van der Waals surface area contributed by atoms with Crippen LogP contribution in [0.15, 0.2) is 24.3 Å². The van der Waals surface area contributed by atoms with Crippen molar-refractivity contribution in [3.63, 3.8) is 0 Å². The van der Waals surface area contributed by atoms with Crippen molar-refractivity contribution in [2.45, 2.75) is 26.3 Å².